The first-order valence-corrected chi connectivity index (χ1v) is 9.65. The second-order valence-electron chi connectivity index (χ2n) is 6.31. The van der Waals surface area contributed by atoms with E-state index >= 15 is 0 Å². The summed E-state index contributed by atoms with van der Waals surface area (Å²) >= 11 is 15.7. The Morgan fingerprint density at radius 1 is 1.19 bits per heavy atom. The molecule has 1 fully saturated rings. The molecule has 2 amide bonds. The number of benzene rings is 2. The van der Waals surface area contributed by atoms with Crippen LogP contribution < -0.4 is 10.2 Å². The molecule has 136 valence electrons. The van der Waals surface area contributed by atoms with Crippen LogP contribution in [0.2, 0.25) is 10.0 Å². The zero-order valence-electron chi connectivity index (χ0n) is 14.3. The van der Waals surface area contributed by atoms with Crippen molar-refractivity contribution in [2.24, 2.45) is 5.92 Å². The first kappa shape index (κ1) is 19.2. The monoisotopic (exact) mass is 454 g/mol. The van der Waals surface area contributed by atoms with E-state index in [1.165, 1.54) is 0 Å². The molecule has 0 saturated carbocycles. The first-order valence-electron chi connectivity index (χ1n) is 8.10. The average molecular weight is 456 g/mol. The van der Waals surface area contributed by atoms with Crippen LogP contribution in [-0.2, 0) is 9.59 Å². The lowest BCUT2D eigenvalue weighted by Crippen LogP contribution is -2.28. The molecule has 1 atom stereocenters. The number of anilines is 2. The molecule has 7 heteroatoms. The average Bonchev–Trinajstić information content (AvgIpc) is 2.99. The van der Waals surface area contributed by atoms with Gasteiger partial charge >= 0.3 is 0 Å². The molecule has 0 unspecified atom stereocenters. The number of rotatable bonds is 3. The Morgan fingerprint density at radius 3 is 2.65 bits per heavy atom. The molecular formula is C19H17BrCl2N2O2. The fourth-order valence-corrected chi connectivity index (χ4v) is 3.79. The van der Waals surface area contributed by atoms with E-state index in [0.29, 0.717) is 22.3 Å². The van der Waals surface area contributed by atoms with Crippen molar-refractivity contribution in [2.45, 2.75) is 20.3 Å². The van der Waals surface area contributed by atoms with Crippen LogP contribution in [0.5, 0.6) is 0 Å². The normalized spacial score (nSPS) is 16.9. The van der Waals surface area contributed by atoms with Crippen LogP contribution in [0.1, 0.15) is 17.5 Å². The molecule has 4 nitrogen and oxygen atoms in total. The molecule has 3 rings (SSSR count). The second-order valence-corrected chi connectivity index (χ2v) is 7.95. The maximum absolute atomic E-state index is 12.7. The van der Waals surface area contributed by atoms with Gasteiger partial charge in [0.05, 0.1) is 10.9 Å². The van der Waals surface area contributed by atoms with Crippen LogP contribution in [0.4, 0.5) is 11.4 Å². The molecule has 1 saturated heterocycles. The Bertz CT molecular complexity index is 901. The number of nitrogens with one attached hydrogen (secondary N) is 1. The lowest BCUT2D eigenvalue weighted by molar-refractivity contribution is -0.122. The number of carbonyl (C=O) groups excluding carboxylic acids is 2. The van der Waals surface area contributed by atoms with Gasteiger partial charge in [-0.15, -0.1) is 0 Å². The van der Waals surface area contributed by atoms with Crippen molar-refractivity contribution in [3.8, 4) is 0 Å². The molecule has 1 heterocycles. The van der Waals surface area contributed by atoms with Crippen molar-refractivity contribution in [3.63, 3.8) is 0 Å². The van der Waals surface area contributed by atoms with Gasteiger partial charge < -0.3 is 10.2 Å². The van der Waals surface area contributed by atoms with Gasteiger partial charge in [-0.1, -0.05) is 29.3 Å². The summed E-state index contributed by atoms with van der Waals surface area (Å²) in [5.41, 5.74) is 3.01. The third kappa shape index (κ3) is 3.61. The molecule has 0 aromatic heterocycles. The Hall–Kier alpha value is -1.56. The number of halogens is 3. The summed E-state index contributed by atoms with van der Waals surface area (Å²) in [5, 5.41) is 4.05. The minimum atomic E-state index is -0.428. The maximum Gasteiger partial charge on any atom is 0.229 e. The Morgan fingerprint density at radius 2 is 1.92 bits per heavy atom. The lowest BCUT2D eigenvalue weighted by atomic mass is 10.1. The fraction of sp³-hybridized carbons (Fsp3) is 0.263. The highest BCUT2D eigenvalue weighted by atomic mass is 79.9. The van der Waals surface area contributed by atoms with Crippen LogP contribution in [0, 0.1) is 19.8 Å². The smallest absolute Gasteiger partial charge is 0.229 e. The second kappa shape index (κ2) is 7.59. The van der Waals surface area contributed by atoms with Gasteiger partial charge in [-0.25, -0.2) is 0 Å². The summed E-state index contributed by atoms with van der Waals surface area (Å²) in [6, 6.07) is 9.01. The summed E-state index contributed by atoms with van der Waals surface area (Å²) in [7, 11) is 0. The largest absolute Gasteiger partial charge is 0.325 e. The summed E-state index contributed by atoms with van der Waals surface area (Å²) in [5.74, 6) is -0.703. The molecule has 0 spiro atoms. The van der Waals surface area contributed by atoms with E-state index in [-0.39, 0.29) is 18.2 Å². The third-order valence-corrected chi connectivity index (χ3v) is 6.41. The van der Waals surface area contributed by atoms with Gasteiger partial charge in [0.15, 0.2) is 0 Å². The molecule has 2 aromatic carbocycles. The molecule has 0 aliphatic carbocycles. The van der Waals surface area contributed by atoms with E-state index in [9.17, 15) is 9.59 Å². The summed E-state index contributed by atoms with van der Waals surface area (Å²) in [6.07, 6.45) is 0.168. The highest BCUT2D eigenvalue weighted by Gasteiger charge is 2.36. The Kier molecular flexibility index (Phi) is 5.61. The Balaban J connectivity index is 1.77. The SMILES string of the molecule is Cc1c(Cl)cccc1N1C[C@@H](C(=O)Nc2ccc(Br)c(Cl)c2C)CC1=O. The van der Waals surface area contributed by atoms with Gasteiger partial charge in [0, 0.05) is 33.8 Å². The first-order chi connectivity index (χ1) is 12.3. The minimum Gasteiger partial charge on any atom is -0.325 e. The fourth-order valence-electron chi connectivity index (χ4n) is 3.03. The van der Waals surface area contributed by atoms with Gasteiger partial charge in [0.2, 0.25) is 11.8 Å². The number of nitrogens with zero attached hydrogens (tertiary/aromatic N) is 1. The van der Waals surface area contributed by atoms with Gasteiger partial charge in [-0.2, -0.15) is 0 Å². The standard InChI is InChI=1S/C19H17BrCl2N2O2/c1-10-14(21)4-3-5-16(10)24-9-12(8-17(24)25)19(26)23-15-7-6-13(20)18(22)11(15)2/h3-7,12H,8-9H2,1-2H3,(H,23,26)/t12-/m0/s1. The van der Waals surface area contributed by atoms with Crippen molar-refractivity contribution in [2.75, 3.05) is 16.8 Å². The van der Waals surface area contributed by atoms with Gasteiger partial charge in [0.25, 0.3) is 0 Å². The van der Waals surface area contributed by atoms with Crippen LogP contribution in [0.25, 0.3) is 0 Å². The number of amides is 2. The van der Waals surface area contributed by atoms with Crippen molar-refractivity contribution in [1.29, 1.82) is 0 Å². The van der Waals surface area contributed by atoms with E-state index < -0.39 is 5.92 Å². The highest BCUT2D eigenvalue weighted by molar-refractivity contribution is 9.10. The van der Waals surface area contributed by atoms with E-state index in [1.54, 1.807) is 29.2 Å². The molecule has 26 heavy (non-hydrogen) atoms. The third-order valence-electron chi connectivity index (χ3n) is 4.62. The predicted molar refractivity (Wildman–Crippen MR) is 109 cm³/mol. The molecule has 1 N–H and O–H groups in total. The summed E-state index contributed by atoms with van der Waals surface area (Å²) in [4.78, 5) is 26.7. The van der Waals surface area contributed by atoms with Gasteiger partial charge in [0.1, 0.15) is 0 Å². The van der Waals surface area contributed by atoms with Crippen LogP contribution in [-0.4, -0.2) is 18.4 Å². The topological polar surface area (TPSA) is 49.4 Å². The molecule has 0 bridgehead atoms. The van der Waals surface area contributed by atoms with Crippen LogP contribution >= 0.6 is 39.1 Å². The van der Waals surface area contributed by atoms with E-state index in [2.05, 4.69) is 21.2 Å². The van der Waals surface area contributed by atoms with Gasteiger partial charge in [-0.05, 0) is 65.2 Å². The number of hydrogen-bond acceptors (Lipinski definition) is 2. The number of hydrogen-bond donors (Lipinski definition) is 1. The molecular weight excluding hydrogens is 439 g/mol. The van der Waals surface area contributed by atoms with E-state index in [0.717, 1.165) is 21.3 Å². The molecule has 1 aliphatic heterocycles. The van der Waals surface area contributed by atoms with Crippen molar-refractivity contribution >= 4 is 62.3 Å². The quantitative estimate of drug-likeness (QED) is 0.676. The zero-order chi connectivity index (χ0) is 19.0. The van der Waals surface area contributed by atoms with Crippen molar-refractivity contribution in [3.05, 3.63) is 56.0 Å². The van der Waals surface area contributed by atoms with E-state index in [4.69, 9.17) is 23.2 Å². The van der Waals surface area contributed by atoms with Crippen LogP contribution in [0.3, 0.4) is 0 Å². The minimum absolute atomic E-state index is 0.0823. The predicted octanol–water partition coefficient (Wildman–Crippen LogP) is 5.36. The van der Waals surface area contributed by atoms with Gasteiger partial charge in [-0.3, -0.25) is 9.59 Å². The van der Waals surface area contributed by atoms with Crippen LogP contribution in [0.15, 0.2) is 34.8 Å². The molecule has 0 radical (unpaired) electrons. The number of carbonyl (C=O) groups is 2. The highest BCUT2D eigenvalue weighted by Crippen LogP contribution is 2.34. The summed E-state index contributed by atoms with van der Waals surface area (Å²) in [6.45, 7) is 4.03. The molecule has 1 aliphatic rings. The maximum atomic E-state index is 12.7. The van der Waals surface area contributed by atoms with E-state index in [1.807, 2.05) is 19.9 Å². The Labute approximate surface area is 170 Å². The zero-order valence-corrected chi connectivity index (χ0v) is 17.4. The van der Waals surface area contributed by atoms with Crippen molar-refractivity contribution < 1.29 is 9.59 Å². The lowest BCUT2D eigenvalue weighted by Gasteiger charge is -2.20. The van der Waals surface area contributed by atoms with Crippen molar-refractivity contribution in [1.82, 2.24) is 0 Å². The molecule has 2 aromatic rings. The summed E-state index contributed by atoms with van der Waals surface area (Å²) < 4.78 is 0.772.